The third kappa shape index (κ3) is 3.68. The van der Waals surface area contributed by atoms with E-state index in [1.165, 1.54) is 38.5 Å². The fourth-order valence-electron chi connectivity index (χ4n) is 6.14. The molecule has 0 aromatic rings. The van der Waals surface area contributed by atoms with Gasteiger partial charge in [0.25, 0.3) is 0 Å². The lowest BCUT2D eigenvalue weighted by Gasteiger charge is -2.60. The standard InChI is InChI=1S/C20H37P/c1-3-5-7-9-21(10-8-6-4-2)20-14-17-11-18(15-20)13-19(12-17)16-20/h17-19H,3-16H2,1-2H3. The van der Waals surface area contributed by atoms with Crippen molar-refractivity contribution in [3.05, 3.63) is 0 Å². The molecular weight excluding hydrogens is 271 g/mol. The molecule has 0 nitrogen and oxygen atoms in total. The van der Waals surface area contributed by atoms with Crippen LogP contribution >= 0.6 is 7.92 Å². The van der Waals surface area contributed by atoms with Crippen LogP contribution in [0.1, 0.15) is 90.9 Å². The summed E-state index contributed by atoms with van der Waals surface area (Å²) in [6.07, 6.45) is 21.9. The lowest BCUT2D eigenvalue weighted by Crippen LogP contribution is -2.49. The second kappa shape index (κ2) is 7.33. The predicted octanol–water partition coefficient (Wildman–Crippen LogP) is 6.82. The van der Waals surface area contributed by atoms with E-state index in [4.69, 9.17) is 0 Å². The minimum Gasteiger partial charge on any atom is -0.100 e. The van der Waals surface area contributed by atoms with Gasteiger partial charge in [0.15, 0.2) is 0 Å². The fourth-order valence-corrected chi connectivity index (χ4v) is 10.1. The Morgan fingerprint density at radius 1 is 0.714 bits per heavy atom. The van der Waals surface area contributed by atoms with Crippen molar-refractivity contribution in [3.8, 4) is 0 Å². The summed E-state index contributed by atoms with van der Waals surface area (Å²) in [6, 6.07) is 0. The van der Waals surface area contributed by atoms with E-state index >= 15 is 0 Å². The molecule has 122 valence electrons. The van der Waals surface area contributed by atoms with E-state index in [1.807, 2.05) is 0 Å². The van der Waals surface area contributed by atoms with E-state index in [2.05, 4.69) is 13.8 Å². The van der Waals surface area contributed by atoms with E-state index in [1.54, 1.807) is 50.8 Å². The summed E-state index contributed by atoms with van der Waals surface area (Å²) >= 11 is 0. The average molecular weight is 308 g/mol. The van der Waals surface area contributed by atoms with E-state index in [0.29, 0.717) is 7.92 Å². The molecule has 21 heavy (non-hydrogen) atoms. The van der Waals surface area contributed by atoms with Crippen molar-refractivity contribution < 1.29 is 0 Å². The van der Waals surface area contributed by atoms with Crippen LogP contribution in [0.25, 0.3) is 0 Å². The van der Waals surface area contributed by atoms with Crippen molar-refractivity contribution in [2.24, 2.45) is 17.8 Å². The van der Waals surface area contributed by atoms with Gasteiger partial charge in [-0.25, -0.2) is 0 Å². The Bertz CT molecular complexity index is 277. The zero-order valence-corrected chi connectivity index (χ0v) is 15.5. The highest BCUT2D eigenvalue weighted by molar-refractivity contribution is 7.59. The van der Waals surface area contributed by atoms with Gasteiger partial charge in [0.05, 0.1) is 0 Å². The van der Waals surface area contributed by atoms with Gasteiger partial charge in [-0.15, -0.1) is 7.92 Å². The van der Waals surface area contributed by atoms with Gasteiger partial charge in [0, 0.05) is 0 Å². The van der Waals surface area contributed by atoms with Crippen molar-refractivity contribution in [1.82, 2.24) is 0 Å². The van der Waals surface area contributed by atoms with Gasteiger partial charge < -0.3 is 0 Å². The monoisotopic (exact) mass is 308 g/mol. The van der Waals surface area contributed by atoms with Gasteiger partial charge in [0.2, 0.25) is 0 Å². The van der Waals surface area contributed by atoms with Crippen molar-refractivity contribution in [2.75, 3.05) is 12.3 Å². The van der Waals surface area contributed by atoms with Crippen LogP contribution in [0.15, 0.2) is 0 Å². The van der Waals surface area contributed by atoms with Crippen molar-refractivity contribution in [1.29, 1.82) is 0 Å². The van der Waals surface area contributed by atoms with Crippen LogP contribution in [0.4, 0.5) is 0 Å². The van der Waals surface area contributed by atoms with Gasteiger partial charge >= 0.3 is 0 Å². The Morgan fingerprint density at radius 3 is 1.52 bits per heavy atom. The normalized spacial score (nSPS) is 37.6. The third-order valence-electron chi connectivity index (χ3n) is 6.74. The molecular formula is C20H37P. The highest BCUT2D eigenvalue weighted by Crippen LogP contribution is 2.69. The second-order valence-electron chi connectivity index (χ2n) is 8.54. The first kappa shape index (κ1) is 16.3. The molecule has 4 rings (SSSR count). The topological polar surface area (TPSA) is 0 Å². The van der Waals surface area contributed by atoms with E-state index in [9.17, 15) is 0 Å². The summed E-state index contributed by atoms with van der Waals surface area (Å²) in [7, 11) is 0.342. The zero-order chi connectivity index (χ0) is 14.7. The minimum atomic E-state index is 0.342. The maximum Gasteiger partial charge on any atom is -0.00865 e. The molecule has 0 radical (unpaired) electrons. The molecule has 0 N–H and O–H groups in total. The predicted molar refractivity (Wildman–Crippen MR) is 96.6 cm³/mol. The van der Waals surface area contributed by atoms with Gasteiger partial charge in [0.1, 0.15) is 0 Å². The van der Waals surface area contributed by atoms with Crippen LogP contribution in [-0.4, -0.2) is 17.5 Å². The van der Waals surface area contributed by atoms with Gasteiger partial charge in [-0.1, -0.05) is 39.5 Å². The van der Waals surface area contributed by atoms with Crippen LogP contribution in [0.2, 0.25) is 0 Å². The van der Waals surface area contributed by atoms with Crippen LogP contribution in [0.5, 0.6) is 0 Å². The molecule has 4 saturated carbocycles. The molecule has 0 atom stereocenters. The first-order valence-electron chi connectivity index (χ1n) is 10.0. The molecule has 0 aromatic heterocycles. The number of hydrogen-bond acceptors (Lipinski definition) is 0. The minimum absolute atomic E-state index is 0.342. The SMILES string of the molecule is CCCCCP(CCCCC)C12CC3CC(CC(C3)C1)C2. The molecule has 0 saturated heterocycles. The van der Waals surface area contributed by atoms with E-state index in [-0.39, 0.29) is 0 Å². The maximum absolute atomic E-state index is 2.37. The highest BCUT2D eigenvalue weighted by Gasteiger charge is 2.53. The molecule has 0 aromatic carbocycles. The average Bonchev–Trinajstić information content (AvgIpc) is 2.44. The Labute approximate surface area is 134 Å². The highest BCUT2D eigenvalue weighted by atomic mass is 31.1. The number of hydrogen-bond donors (Lipinski definition) is 0. The Hall–Kier alpha value is 0.430. The number of rotatable bonds is 9. The Morgan fingerprint density at radius 2 is 1.14 bits per heavy atom. The van der Waals surface area contributed by atoms with E-state index in [0.717, 1.165) is 22.9 Å². The quantitative estimate of drug-likeness (QED) is 0.324. The van der Waals surface area contributed by atoms with Gasteiger partial charge in [-0.2, -0.15) is 0 Å². The molecule has 0 heterocycles. The molecule has 0 amide bonds. The van der Waals surface area contributed by atoms with Gasteiger partial charge in [-0.05, 0) is 86.6 Å². The van der Waals surface area contributed by atoms with Crippen molar-refractivity contribution in [3.63, 3.8) is 0 Å². The van der Waals surface area contributed by atoms with Crippen LogP contribution in [0, 0.1) is 17.8 Å². The molecule has 4 bridgehead atoms. The lowest BCUT2D eigenvalue weighted by molar-refractivity contribution is 0.0354. The van der Waals surface area contributed by atoms with Crippen molar-refractivity contribution in [2.45, 2.75) is 96.1 Å². The zero-order valence-electron chi connectivity index (χ0n) is 14.6. The molecule has 4 aliphatic carbocycles. The fraction of sp³-hybridized carbons (Fsp3) is 1.00. The molecule has 4 fully saturated rings. The van der Waals surface area contributed by atoms with Crippen LogP contribution < -0.4 is 0 Å². The maximum atomic E-state index is 2.37. The summed E-state index contributed by atoms with van der Waals surface area (Å²) in [6.45, 7) is 4.73. The largest absolute Gasteiger partial charge is 0.100 e. The first-order valence-corrected chi connectivity index (χ1v) is 11.7. The molecule has 0 aliphatic heterocycles. The smallest absolute Gasteiger partial charge is 0.00865 e. The summed E-state index contributed by atoms with van der Waals surface area (Å²) in [4.78, 5) is 0. The summed E-state index contributed by atoms with van der Waals surface area (Å²) < 4.78 is 0. The Kier molecular flexibility index (Phi) is 5.69. The first-order chi connectivity index (χ1) is 10.3. The molecule has 0 unspecified atom stereocenters. The Balaban J connectivity index is 1.65. The summed E-state index contributed by atoms with van der Waals surface area (Å²) in [5.41, 5.74) is 0. The lowest BCUT2D eigenvalue weighted by atomic mass is 9.56. The second-order valence-corrected chi connectivity index (χ2v) is 11.5. The number of unbranched alkanes of at least 4 members (excludes halogenated alkanes) is 4. The van der Waals surface area contributed by atoms with Crippen LogP contribution in [0.3, 0.4) is 0 Å². The van der Waals surface area contributed by atoms with Crippen LogP contribution in [-0.2, 0) is 0 Å². The summed E-state index contributed by atoms with van der Waals surface area (Å²) in [5, 5.41) is 0.881. The molecule has 0 spiro atoms. The van der Waals surface area contributed by atoms with Crippen molar-refractivity contribution >= 4 is 7.92 Å². The molecule has 1 heteroatoms. The van der Waals surface area contributed by atoms with Gasteiger partial charge in [-0.3, -0.25) is 0 Å². The summed E-state index contributed by atoms with van der Waals surface area (Å²) in [5.74, 6) is 3.45. The van der Waals surface area contributed by atoms with E-state index < -0.39 is 0 Å². The third-order valence-corrected chi connectivity index (χ3v) is 10.3. The molecule has 4 aliphatic rings.